The highest BCUT2D eigenvalue weighted by atomic mass is 35.5. The van der Waals surface area contributed by atoms with Gasteiger partial charge in [0.25, 0.3) is 10.0 Å². The van der Waals surface area contributed by atoms with E-state index in [9.17, 15) is 8.42 Å². The van der Waals surface area contributed by atoms with Crippen LogP contribution < -0.4 is 4.31 Å². The van der Waals surface area contributed by atoms with Crippen LogP contribution in [0.15, 0.2) is 53.4 Å². The average Bonchev–Trinajstić information content (AvgIpc) is 2.47. The third-order valence-electron chi connectivity index (χ3n) is 3.26. The Bertz CT molecular complexity index is 729. The molecule has 0 radical (unpaired) electrons. The number of benzene rings is 2. The van der Waals surface area contributed by atoms with Crippen LogP contribution in [0.3, 0.4) is 0 Å². The van der Waals surface area contributed by atoms with E-state index in [2.05, 4.69) is 0 Å². The van der Waals surface area contributed by atoms with E-state index in [1.807, 2.05) is 32.0 Å². The van der Waals surface area contributed by atoms with Gasteiger partial charge in [-0.25, -0.2) is 8.42 Å². The van der Waals surface area contributed by atoms with Crippen molar-refractivity contribution in [2.75, 3.05) is 10.8 Å². The summed E-state index contributed by atoms with van der Waals surface area (Å²) in [6, 6.07) is 14.3. The van der Waals surface area contributed by atoms with E-state index in [4.69, 9.17) is 11.6 Å². The summed E-state index contributed by atoms with van der Waals surface area (Å²) in [5.41, 5.74) is 2.30. The van der Waals surface area contributed by atoms with E-state index in [-0.39, 0.29) is 10.8 Å². The third kappa shape index (κ3) is 3.22. The van der Waals surface area contributed by atoms with Crippen molar-refractivity contribution in [1.29, 1.82) is 0 Å². The van der Waals surface area contributed by atoms with Gasteiger partial charge in [-0.15, -0.1) is 11.6 Å². The first-order valence-corrected chi connectivity index (χ1v) is 8.71. The first-order chi connectivity index (χ1) is 10.0. The summed E-state index contributed by atoms with van der Waals surface area (Å²) < 4.78 is 27.3. The van der Waals surface area contributed by atoms with E-state index >= 15 is 0 Å². The molecule has 0 aliphatic rings. The number of sulfonamides is 1. The highest BCUT2D eigenvalue weighted by Crippen LogP contribution is 2.27. The Morgan fingerprint density at radius 1 is 1.10 bits per heavy atom. The molecule has 0 atom stereocenters. The minimum atomic E-state index is -3.61. The zero-order chi connectivity index (χ0) is 15.5. The summed E-state index contributed by atoms with van der Waals surface area (Å²) in [6.45, 7) is 4.13. The fraction of sp³-hybridized carbons (Fsp3) is 0.250. The summed E-state index contributed by atoms with van der Waals surface area (Å²) in [5.74, 6) is 0.167. The Morgan fingerprint density at radius 3 is 2.43 bits per heavy atom. The van der Waals surface area contributed by atoms with Gasteiger partial charge in [0.15, 0.2) is 0 Å². The number of anilines is 1. The van der Waals surface area contributed by atoms with Gasteiger partial charge in [-0.3, -0.25) is 4.31 Å². The molecule has 0 saturated carbocycles. The molecule has 0 heterocycles. The maximum absolute atomic E-state index is 12.9. The average molecular weight is 324 g/mol. The second kappa shape index (κ2) is 6.50. The van der Waals surface area contributed by atoms with Gasteiger partial charge in [0.05, 0.1) is 10.6 Å². The van der Waals surface area contributed by atoms with Crippen molar-refractivity contribution in [3.63, 3.8) is 0 Å². The van der Waals surface area contributed by atoms with Gasteiger partial charge in [0, 0.05) is 12.4 Å². The zero-order valence-electron chi connectivity index (χ0n) is 12.1. The van der Waals surface area contributed by atoms with Crippen molar-refractivity contribution >= 4 is 27.3 Å². The first-order valence-electron chi connectivity index (χ1n) is 6.74. The molecule has 0 unspecified atom stereocenters. The Balaban J connectivity index is 2.55. The van der Waals surface area contributed by atoms with Gasteiger partial charge >= 0.3 is 0 Å². The van der Waals surface area contributed by atoms with Crippen LogP contribution in [-0.2, 0) is 15.9 Å². The number of alkyl halides is 1. The number of halogens is 1. The summed E-state index contributed by atoms with van der Waals surface area (Å²) >= 11 is 5.87. The van der Waals surface area contributed by atoms with Gasteiger partial charge < -0.3 is 0 Å². The van der Waals surface area contributed by atoms with Crippen molar-refractivity contribution in [2.45, 2.75) is 24.6 Å². The van der Waals surface area contributed by atoms with Crippen LogP contribution in [0.1, 0.15) is 18.1 Å². The maximum Gasteiger partial charge on any atom is 0.264 e. The summed E-state index contributed by atoms with van der Waals surface area (Å²) in [6.07, 6.45) is 0. The van der Waals surface area contributed by atoms with Crippen LogP contribution in [0, 0.1) is 6.92 Å². The predicted octanol–water partition coefficient (Wildman–Crippen LogP) is 3.95. The molecule has 0 aliphatic carbocycles. The summed E-state index contributed by atoms with van der Waals surface area (Å²) in [5, 5.41) is 0. The standard InChI is InChI=1S/C16H18ClNO2S/c1-3-18(15-9-6-7-13(2)11-15)21(19,20)16-10-5-4-8-14(16)12-17/h4-11H,3,12H2,1-2H3. The fourth-order valence-electron chi connectivity index (χ4n) is 2.26. The Kier molecular flexibility index (Phi) is 4.91. The quantitative estimate of drug-likeness (QED) is 0.781. The number of hydrogen-bond acceptors (Lipinski definition) is 2. The minimum Gasteiger partial charge on any atom is -0.267 e. The van der Waals surface area contributed by atoms with Crippen LogP contribution >= 0.6 is 11.6 Å². The normalized spacial score (nSPS) is 11.4. The van der Waals surface area contributed by atoms with Crippen molar-refractivity contribution in [3.05, 3.63) is 59.7 Å². The molecule has 0 fully saturated rings. The zero-order valence-corrected chi connectivity index (χ0v) is 13.7. The van der Waals surface area contributed by atoms with E-state index in [0.29, 0.717) is 17.8 Å². The topological polar surface area (TPSA) is 37.4 Å². The summed E-state index contributed by atoms with van der Waals surface area (Å²) in [7, 11) is -3.61. The number of rotatable bonds is 5. The Morgan fingerprint density at radius 2 is 1.81 bits per heavy atom. The number of nitrogens with zero attached hydrogens (tertiary/aromatic N) is 1. The predicted molar refractivity (Wildman–Crippen MR) is 87.4 cm³/mol. The minimum absolute atomic E-state index is 0.167. The Hall–Kier alpha value is -1.52. The van der Waals surface area contributed by atoms with Crippen molar-refractivity contribution in [2.24, 2.45) is 0 Å². The van der Waals surface area contributed by atoms with Crippen molar-refractivity contribution in [3.8, 4) is 0 Å². The molecule has 2 rings (SSSR count). The van der Waals surface area contributed by atoms with E-state index in [0.717, 1.165) is 5.56 Å². The molecule has 5 heteroatoms. The molecule has 0 amide bonds. The molecule has 112 valence electrons. The lowest BCUT2D eigenvalue weighted by Crippen LogP contribution is -2.31. The molecule has 2 aromatic rings. The van der Waals surface area contributed by atoms with E-state index < -0.39 is 10.0 Å². The second-order valence-electron chi connectivity index (χ2n) is 4.75. The number of hydrogen-bond donors (Lipinski definition) is 0. The van der Waals surface area contributed by atoms with E-state index in [1.165, 1.54) is 4.31 Å². The van der Waals surface area contributed by atoms with Gasteiger partial charge in [-0.05, 0) is 43.2 Å². The lowest BCUT2D eigenvalue weighted by molar-refractivity contribution is 0.591. The molecule has 0 N–H and O–H groups in total. The molecule has 2 aromatic carbocycles. The highest BCUT2D eigenvalue weighted by molar-refractivity contribution is 7.92. The monoisotopic (exact) mass is 323 g/mol. The van der Waals surface area contributed by atoms with Crippen LogP contribution in [-0.4, -0.2) is 15.0 Å². The molecule has 0 aromatic heterocycles. The lowest BCUT2D eigenvalue weighted by Gasteiger charge is -2.24. The second-order valence-corrected chi connectivity index (χ2v) is 6.85. The largest absolute Gasteiger partial charge is 0.267 e. The third-order valence-corrected chi connectivity index (χ3v) is 5.55. The molecule has 0 bridgehead atoms. The van der Waals surface area contributed by atoms with Crippen LogP contribution in [0.2, 0.25) is 0 Å². The molecular weight excluding hydrogens is 306 g/mol. The van der Waals surface area contributed by atoms with Crippen LogP contribution in [0.4, 0.5) is 5.69 Å². The van der Waals surface area contributed by atoms with Gasteiger partial charge in [0.2, 0.25) is 0 Å². The van der Waals surface area contributed by atoms with Crippen LogP contribution in [0.5, 0.6) is 0 Å². The van der Waals surface area contributed by atoms with Gasteiger partial charge in [0.1, 0.15) is 0 Å². The molecule has 0 aliphatic heterocycles. The van der Waals surface area contributed by atoms with E-state index in [1.54, 1.807) is 30.3 Å². The maximum atomic E-state index is 12.9. The van der Waals surface area contributed by atoms with Gasteiger partial charge in [-0.2, -0.15) is 0 Å². The van der Waals surface area contributed by atoms with Crippen molar-refractivity contribution in [1.82, 2.24) is 0 Å². The molecule has 0 saturated heterocycles. The fourth-order valence-corrected chi connectivity index (χ4v) is 4.26. The summed E-state index contributed by atoms with van der Waals surface area (Å²) in [4.78, 5) is 0.267. The number of aryl methyl sites for hydroxylation is 1. The molecular formula is C16H18ClNO2S. The molecule has 3 nitrogen and oxygen atoms in total. The highest BCUT2D eigenvalue weighted by Gasteiger charge is 2.25. The molecule has 0 spiro atoms. The van der Waals surface area contributed by atoms with Gasteiger partial charge in [-0.1, -0.05) is 30.3 Å². The SMILES string of the molecule is CCN(c1cccc(C)c1)S(=O)(=O)c1ccccc1CCl. The molecule has 21 heavy (non-hydrogen) atoms. The van der Waals surface area contributed by atoms with Crippen LogP contribution in [0.25, 0.3) is 0 Å². The first kappa shape index (κ1) is 15.9. The smallest absolute Gasteiger partial charge is 0.264 e. The van der Waals surface area contributed by atoms with Crippen molar-refractivity contribution < 1.29 is 8.42 Å². The lowest BCUT2D eigenvalue weighted by atomic mass is 10.2. The Labute approximate surface area is 131 Å².